The number of hydrogen-bond acceptors (Lipinski definition) is 4. The summed E-state index contributed by atoms with van der Waals surface area (Å²) < 4.78 is 6.98. The second kappa shape index (κ2) is 8.66. The fraction of sp³-hybridized carbons (Fsp3) is 0.381. The molecule has 0 fully saturated rings. The highest BCUT2D eigenvalue weighted by Gasteiger charge is 2.18. The molecule has 0 aliphatic heterocycles. The average Bonchev–Trinajstić information content (AvgIpc) is 2.85. The second-order valence-electron chi connectivity index (χ2n) is 6.85. The van der Waals surface area contributed by atoms with Crippen LogP contribution in [0, 0.1) is 13.8 Å². The molecule has 27 heavy (non-hydrogen) atoms. The molecule has 0 unspecified atom stereocenters. The maximum absolute atomic E-state index is 12.4. The van der Waals surface area contributed by atoms with Crippen LogP contribution in [0.3, 0.4) is 0 Å². The van der Waals surface area contributed by atoms with Crippen molar-refractivity contribution < 1.29 is 14.3 Å². The third kappa shape index (κ3) is 5.06. The van der Waals surface area contributed by atoms with Gasteiger partial charge in [0, 0.05) is 30.1 Å². The number of carbonyl (C=O) groups excluding carboxylic acids is 2. The van der Waals surface area contributed by atoms with Crippen molar-refractivity contribution in [2.24, 2.45) is 7.05 Å². The number of nitrogens with zero attached hydrogens (tertiary/aromatic N) is 2. The number of nitrogens with one attached hydrogen (secondary N) is 1. The quantitative estimate of drug-likeness (QED) is 0.622. The zero-order chi connectivity index (χ0) is 20.1. The van der Waals surface area contributed by atoms with Crippen LogP contribution < -0.4 is 5.32 Å². The van der Waals surface area contributed by atoms with Gasteiger partial charge in [0.15, 0.2) is 6.10 Å². The smallest absolute Gasteiger partial charge is 0.331 e. The molecule has 0 bridgehead atoms. The molecular weight excluding hydrogens is 342 g/mol. The minimum atomic E-state index is -0.904. The zero-order valence-electron chi connectivity index (χ0n) is 16.7. The Kier molecular flexibility index (Phi) is 6.55. The summed E-state index contributed by atoms with van der Waals surface area (Å²) in [6.07, 6.45) is 2.08. The van der Waals surface area contributed by atoms with E-state index in [2.05, 4.69) is 24.3 Å². The van der Waals surface area contributed by atoms with Gasteiger partial charge in [0.2, 0.25) is 0 Å². The van der Waals surface area contributed by atoms with Crippen molar-refractivity contribution in [2.75, 3.05) is 5.32 Å². The van der Waals surface area contributed by atoms with Crippen LogP contribution in [0.15, 0.2) is 30.3 Å². The van der Waals surface area contributed by atoms with E-state index in [9.17, 15) is 9.59 Å². The van der Waals surface area contributed by atoms with Crippen LogP contribution in [0.1, 0.15) is 49.2 Å². The molecule has 144 valence electrons. The predicted octanol–water partition coefficient (Wildman–Crippen LogP) is 3.74. The number of carbonyl (C=O) groups is 2. The molecule has 1 atom stereocenters. The van der Waals surface area contributed by atoms with Crippen molar-refractivity contribution in [3.8, 4) is 0 Å². The van der Waals surface area contributed by atoms with Crippen molar-refractivity contribution in [3.05, 3.63) is 52.9 Å². The van der Waals surface area contributed by atoms with Crippen LogP contribution in [0.5, 0.6) is 0 Å². The number of esters is 1. The maximum Gasteiger partial charge on any atom is 0.331 e. The van der Waals surface area contributed by atoms with Gasteiger partial charge >= 0.3 is 5.97 Å². The molecule has 2 rings (SSSR count). The largest absolute Gasteiger partial charge is 0.449 e. The fourth-order valence-corrected chi connectivity index (χ4v) is 2.80. The van der Waals surface area contributed by atoms with Crippen LogP contribution in [-0.4, -0.2) is 27.8 Å². The van der Waals surface area contributed by atoms with E-state index in [1.54, 1.807) is 17.7 Å². The van der Waals surface area contributed by atoms with Gasteiger partial charge in [-0.3, -0.25) is 9.48 Å². The molecule has 1 aromatic heterocycles. The van der Waals surface area contributed by atoms with Gasteiger partial charge in [-0.1, -0.05) is 32.0 Å². The van der Waals surface area contributed by atoms with Crippen LogP contribution in [-0.2, 0) is 21.4 Å². The number of aryl methyl sites for hydroxylation is 2. The second-order valence-corrected chi connectivity index (χ2v) is 6.85. The summed E-state index contributed by atoms with van der Waals surface area (Å²) in [5.74, 6) is -0.663. The van der Waals surface area contributed by atoms with Crippen molar-refractivity contribution in [1.82, 2.24) is 9.78 Å². The van der Waals surface area contributed by atoms with E-state index in [0.29, 0.717) is 0 Å². The molecule has 6 heteroatoms. The van der Waals surface area contributed by atoms with Gasteiger partial charge in [0.05, 0.1) is 5.69 Å². The minimum absolute atomic E-state index is 0.272. The Balaban J connectivity index is 2.00. The Labute approximate surface area is 160 Å². The molecular formula is C21H27N3O3. The first-order valence-electron chi connectivity index (χ1n) is 8.99. The third-order valence-corrected chi connectivity index (χ3v) is 4.45. The first-order valence-corrected chi connectivity index (χ1v) is 8.99. The molecule has 1 N–H and O–H groups in total. The normalized spacial score (nSPS) is 12.4. The number of para-hydroxylation sites is 1. The number of anilines is 1. The first kappa shape index (κ1) is 20.4. The van der Waals surface area contributed by atoms with Crippen molar-refractivity contribution in [2.45, 2.75) is 46.6 Å². The monoisotopic (exact) mass is 369 g/mol. The molecule has 6 nitrogen and oxygen atoms in total. The summed E-state index contributed by atoms with van der Waals surface area (Å²) in [5, 5.41) is 7.13. The molecule has 2 aromatic rings. The average molecular weight is 369 g/mol. The number of amides is 1. The molecule has 0 aliphatic rings. The Bertz CT molecular complexity index is 866. The molecule has 0 radical (unpaired) electrons. The van der Waals surface area contributed by atoms with E-state index in [1.807, 2.05) is 45.2 Å². The van der Waals surface area contributed by atoms with Gasteiger partial charge in [0.25, 0.3) is 5.91 Å². The van der Waals surface area contributed by atoms with Gasteiger partial charge in [0.1, 0.15) is 0 Å². The van der Waals surface area contributed by atoms with Gasteiger partial charge in [-0.15, -0.1) is 0 Å². The Hall–Kier alpha value is -2.89. The van der Waals surface area contributed by atoms with E-state index in [-0.39, 0.29) is 11.8 Å². The SMILES string of the molecule is Cc1nn(C)c(C)c1/C=C/C(=O)O[C@H](C)C(=O)Nc1ccccc1C(C)C. The van der Waals surface area contributed by atoms with Gasteiger partial charge in [-0.2, -0.15) is 5.10 Å². The summed E-state index contributed by atoms with van der Waals surface area (Å²) in [5.41, 5.74) is 4.42. The summed E-state index contributed by atoms with van der Waals surface area (Å²) in [4.78, 5) is 24.5. The standard InChI is InChI=1S/C21H27N3O3/c1-13(2)17-9-7-8-10-19(17)22-21(26)16(5)27-20(25)12-11-18-14(3)23-24(6)15(18)4/h7-13,16H,1-6H3,(H,22,26)/b12-11+/t16-/m1/s1. The molecule has 0 saturated heterocycles. The number of ether oxygens (including phenoxy) is 1. The Morgan fingerprint density at radius 1 is 1.19 bits per heavy atom. The van der Waals surface area contributed by atoms with Crippen molar-refractivity contribution >= 4 is 23.6 Å². The van der Waals surface area contributed by atoms with Gasteiger partial charge in [-0.05, 0) is 44.4 Å². The number of aromatic nitrogens is 2. The Morgan fingerprint density at radius 2 is 1.85 bits per heavy atom. The van der Waals surface area contributed by atoms with E-state index < -0.39 is 12.1 Å². The molecule has 1 aromatic carbocycles. The van der Waals surface area contributed by atoms with E-state index in [0.717, 1.165) is 28.2 Å². The zero-order valence-corrected chi connectivity index (χ0v) is 16.7. The number of hydrogen-bond donors (Lipinski definition) is 1. The van der Waals surface area contributed by atoms with E-state index >= 15 is 0 Å². The summed E-state index contributed by atoms with van der Waals surface area (Å²) in [6.45, 7) is 9.47. The summed E-state index contributed by atoms with van der Waals surface area (Å²) in [7, 11) is 1.85. The minimum Gasteiger partial charge on any atom is -0.449 e. The van der Waals surface area contributed by atoms with Crippen LogP contribution in [0.4, 0.5) is 5.69 Å². The highest BCUT2D eigenvalue weighted by atomic mass is 16.5. The molecule has 0 spiro atoms. The van der Waals surface area contributed by atoms with Crippen molar-refractivity contribution in [3.63, 3.8) is 0 Å². The van der Waals surface area contributed by atoms with Crippen molar-refractivity contribution in [1.29, 1.82) is 0 Å². The molecule has 0 saturated carbocycles. The summed E-state index contributed by atoms with van der Waals surface area (Å²) >= 11 is 0. The lowest BCUT2D eigenvalue weighted by atomic mass is 10.0. The molecule has 1 amide bonds. The number of benzene rings is 1. The maximum atomic E-state index is 12.4. The topological polar surface area (TPSA) is 73.2 Å². The first-order chi connectivity index (χ1) is 12.7. The van der Waals surface area contributed by atoms with E-state index in [1.165, 1.54) is 6.08 Å². The highest BCUT2D eigenvalue weighted by Crippen LogP contribution is 2.23. The van der Waals surface area contributed by atoms with Gasteiger partial charge in [-0.25, -0.2) is 4.79 Å². The molecule has 1 heterocycles. The predicted molar refractivity (Wildman–Crippen MR) is 106 cm³/mol. The number of rotatable bonds is 6. The third-order valence-electron chi connectivity index (χ3n) is 4.45. The fourth-order valence-electron chi connectivity index (χ4n) is 2.80. The Morgan fingerprint density at radius 3 is 2.44 bits per heavy atom. The molecule has 0 aliphatic carbocycles. The lowest BCUT2D eigenvalue weighted by Gasteiger charge is -2.16. The lowest BCUT2D eigenvalue weighted by Crippen LogP contribution is -2.29. The van der Waals surface area contributed by atoms with Crippen LogP contribution in [0.25, 0.3) is 6.08 Å². The van der Waals surface area contributed by atoms with Crippen LogP contribution >= 0.6 is 0 Å². The van der Waals surface area contributed by atoms with Crippen LogP contribution in [0.2, 0.25) is 0 Å². The van der Waals surface area contributed by atoms with E-state index in [4.69, 9.17) is 4.74 Å². The lowest BCUT2D eigenvalue weighted by molar-refractivity contribution is -0.148. The van der Waals surface area contributed by atoms with Gasteiger partial charge < -0.3 is 10.1 Å². The highest BCUT2D eigenvalue weighted by molar-refractivity contribution is 5.97. The summed E-state index contributed by atoms with van der Waals surface area (Å²) in [6, 6.07) is 7.61.